The molecule has 0 fully saturated rings. The fourth-order valence-corrected chi connectivity index (χ4v) is 3.13. The minimum Gasteiger partial charge on any atom is -0.478 e. The van der Waals surface area contributed by atoms with Gasteiger partial charge in [0.15, 0.2) is 0 Å². The number of fused-ring (bicyclic) bond motifs is 1. The highest BCUT2D eigenvalue weighted by atomic mass is 16.4. The lowest BCUT2D eigenvalue weighted by Gasteiger charge is -2.17. The first kappa shape index (κ1) is 16.1. The number of aliphatic imine (C=N–C) groups is 1. The van der Waals surface area contributed by atoms with Gasteiger partial charge in [-0.15, -0.1) is 0 Å². The van der Waals surface area contributed by atoms with Gasteiger partial charge in [-0.1, -0.05) is 36.4 Å². The highest BCUT2D eigenvalue weighted by Crippen LogP contribution is 2.29. The molecule has 1 aliphatic heterocycles. The summed E-state index contributed by atoms with van der Waals surface area (Å²) in [5.74, 6) is -0.923. The van der Waals surface area contributed by atoms with Gasteiger partial charge in [-0.3, -0.25) is 4.99 Å². The van der Waals surface area contributed by atoms with E-state index in [1.54, 1.807) is 30.5 Å². The topological polar surface area (TPSA) is 52.9 Å². The minimum absolute atomic E-state index is 0.276. The fourth-order valence-electron chi connectivity index (χ4n) is 3.13. The highest BCUT2D eigenvalue weighted by molar-refractivity contribution is 5.89. The Morgan fingerprint density at radius 2 is 1.50 bits per heavy atom. The van der Waals surface area contributed by atoms with Crippen LogP contribution in [0.1, 0.15) is 27.0 Å². The second-order valence-electron chi connectivity index (χ2n) is 6.33. The molecule has 3 aromatic carbocycles. The Hall–Kier alpha value is -3.40. The van der Waals surface area contributed by atoms with Gasteiger partial charge in [-0.05, 0) is 53.1 Å². The van der Waals surface area contributed by atoms with Crippen molar-refractivity contribution in [2.75, 3.05) is 4.90 Å². The van der Waals surface area contributed by atoms with Crippen molar-refractivity contribution in [2.24, 2.45) is 4.99 Å². The van der Waals surface area contributed by atoms with Gasteiger partial charge in [0.1, 0.15) is 0 Å². The lowest BCUT2D eigenvalue weighted by atomic mass is 10.1. The van der Waals surface area contributed by atoms with E-state index in [2.05, 4.69) is 46.3 Å². The smallest absolute Gasteiger partial charge is 0.335 e. The standard InChI is InChI=1S/C22H18N2O2/c25-22(26)17-7-5-16(6-8-17)13-23-20-9-11-21(12-10-20)24-14-18-3-1-2-4-19(18)15-24/h1-13H,14-15H2,(H,25,26). The molecule has 0 saturated carbocycles. The van der Waals surface area contributed by atoms with E-state index >= 15 is 0 Å². The average Bonchev–Trinajstić information content (AvgIpc) is 3.11. The summed E-state index contributed by atoms with van der Waals surface area (Å²) in [6, 6.07) is 23.4. The van der Waals surface area contributed by atoms with Crippen molar-refractivity contribution < 1.29 is 9.90 Å². The molecule has 4 nitrogen and oxygen atoms in total. The van der Waals surface area contributed by atoms with Crippen molar-refractivity contribution in [3.8, 4) is 0 Å². The lowest BCUT2D eigenvalue weighted by molar-refractivity contribution is 0.0697. The monoisotopic (exact) mass is 342 g/mol. The molecule has 0 aromatic heterocycles. The van der Waals surface area contributed by atoms with Gasteiger partial charge in [0, 0.05) is 25.0 Å². The molecule has 0 unspecified atom stereocenters. The van der Waals surface area contributed by atoms with Crippen LogP contribution in [0.2, 0.25) is 0 Å². The third-order valence-electron chi connectivity index (χ3n) is 4.58. The quantitative estimate of drug-likeness (QED) is 0.702. The second-order valence-corrected chi connectivity index (χ2v) is 6.33. The number of carboxylic acids is 1. The number of benzene rings is 3. The number of hydrogen-bond acceptors (Lipinski definition) is 3. The van der Waals surface area contributed by atoms with E-state index in [0.29, 0.717) is 0 Å². The van der Waals surface area contributed by atoms with Crippen LogP contribution in [0, 0.1) is 0 Å². The van der Waals surface area contributed by atoms with Crippen LogP contribution in [0.3, 0.4) is 0 Å². The van der Waals surface area contributed by atoms with Crippen molar-refractivity contribution in [1.29, 1.82) is 0 Å². The largest absolute Gasteiger partial charge is 0.478 e. The summed E-state index contributed by atoms with van der Waals surface area (Å²) >= 11 is 0. The minimum atomic E-state index is -0.923. The molecule has 4 heteroatoms. The van der Waals surface area contributed by atoms with Gasteiger partial charge >= 0.3 is 5.97 Å². The molecule has 1 N–H and O–H groups in total. The van der Waals surface area contributed by atoms with E-state index in [-0.39, 0.29) is 5.56 Å². The van der Waals surface area contributed by atoms with Crippen LogP contribution in [-0.4, -0.2) is 17.3 Å². The molecule has 0 amide bonds. The number of rotatable bonds is 4. The first-order valence-corrected chi connectivity index (χ1v) is 8.48. The van der Waals surface area contributed by atoms with Gasteiger partial charge < -0.3 is 10.0 Å². The molecule has 4 rings (SSSR count). The van der Waals surface area contributed by atoms with Gasteiger partial charge in [-0.25, -0.2) is 4.79 Å². The van der Waals surface area contributed by atoms with Gasteiger partial charge in [-0.2, -0.15) is 0 Å². The van der Waals surface area contributed by atoms with Crippen LogP contribution in [0.4, 0.5) is 11.4 Å². The molecule has 0 aliphatic carbocycles. The van der Waals surface area contributed by atoms with Crippen molar-refractivity contribution in [3.05, 3.63) is 95.1 Å². The molecule has 0 saturated heterocycles. The van der Waals surface area contributed by atoms with Crippen molar-refractivity contribution in [1.82, 2.24) is 0 Å². The van der Waals surface area contributed by atoms with Crippen LogP contribution in [0.5, 0.6) is 0 Å². The molecule has 0 spiro atoms. The summed E-state index contributed by atoms with van der Waals surface area (Å²) in [6.45, 7) is 1.88. The van der Waals surface area contributed by atoms with E-state index in [4.69, 9.17) is 5.11 Å². The summed E-state index contributed by atoms with van der Waals surface area (Å²) in [7, 11) is 0. The summed E-state index contributed by atoms with van der Waals surface area (Å²) in [4.78, 5) is 17.7. The molecular weight excluding hydrogens is 324 g/mol. The van der Waals surface area contributed by atoms with Crippen LogP contribution < -0.4 is 4.90 Å². The molecule has 0 radical (unpaired) electrons. The maximum absolute atomic E-state index is 10.9. The lowest BCUT2D eigenvalue weighted by Crippen LogP contribution is -2.13. The SMILES string of the molecule is O=C(O)c1ccc(C=Nc2ccc(N3Cc4ccccc4C3)cc2)cc1. The second kappa shape index (κ2) is 6.84. The Labute approximate surface area is 152 Å². The molecule has 26 heavy (non-hydrogen) atoms. The van der Waals surface area contributed by atoms with Crippen LogP contribution in [0.15, 0.2) is 77.8 Å². The molecule has 1 aliphatic rings. The van der Waals surface area contributed by atoms with Crippen LogP contribution in [0.25, 0.3) is 0 Å². The molecule has 0 atom stereocenters. The zero-order valence-corrected chi connectivity index (χ0v) is 14.2. The molecule has 128 valence electrons. The van der Waals surface area contributed by atoms with E-state index < -0.39 is 5.97 Å². The van der Waals surface area contributed by atoms with E-state index in [0.717, 1.165) is 24.3 Å². The van der Waals surface area contributed by atoms with Gasteiger partial charge in [0.05, 0.1) is 11.3 Å². The fraction of sp³-hybridized carbons (Fsp3) is 0.0909. The Morgan fingerprint density at radius 3 is 2.08 bits per heavy atom. The molecule has 3 aromatic rings. The zero-order valence-electron chi connectivity index (χ0n) is 14.2. The molecular formula is C22H18N2O2. The third kappa shape index (κ3) is 3.35. The number of carboxylic acid groups (broad SMARTS) is 1. The Balaban J connectivity index is 1.44. The average molecular weight is 342 g/mol. The molecule has 1 heterocycles. The number of nitrogens with zero attached hydrogens (tertiary/aromatic N) is 2. The van der Waals surface area contributed by atoms with E-state index in [1.807, 2.05) is 12.1 Å². The number of hydrogen-bond donors (Lipinski definition) is 1. The molecule has 0 bridgehead atoms. The first-order valence-electron chi connectivity index (χ1n) is 8.48. The van der Waals surface area contributed by atoms with Crippen molar-refractivity contribution in [2.45, 2.75) is 13.1 Å². The van der Waals surface area contributed by atoms with Crippen molar-refractivity contribution in [3.63, 3.8) is 0 Å². The summed E-state index contributed by atoms with van der Waals surface area (Å²) in [5, 5.41) is 8.92. The number of carbonyl (C=O) groups is 1. The number of anilines is 1. The van der Waals surface area contributed by atoms with Gasteiger partial charge in [0.2, 0.25) is 0 Å². The van der Waals surface area contributed by atoms with Crippen LogP contribution >= 0.6 is 0 Å². The zero-order chi connectivity index (χ0) is 17.9. The first-order chi connectivity index (χ1) is 12.7. The van der Waals surface area contributed by atoms with Crippen LogP contribution in [-0.2, 0) is 13.1 Å². The number of aromatic carboxylic acids is 1. The maximum Gasteiger partial charge on any atom is 0.335 e. The van der Waals surface area contributed by atoms with E-state index in [9.17, 15) is 4.79 Å². The maximum atomic E-state index is 10.9. The Bertz CT molecular complexity index is 935. The third-order valence-corrected chi connectivity index (χ3v) is 4.58. The predicted molar refractivity (Wildman–Crippen MR) is 103 cm³/mol. The van der Waals surface area contributed by atoms with Gasteiger partial charge in [0.25, 0.3) is 0 Å². The summed E-state index contributed by atoms with van der Waals surface area (Å²) < 4.78 is 0. The van der Waals surface area contributed by atoms with E-state index in [1.165, 1.54) is 16.8 Å². The van der Waals surface area contributed by atoms with Crippen molar-refractivity contribution >= 4 is 23.6 Å². The summed E-state index contributed by atoms with van der Waals surface area (Å²) in [5.41, 5.74) is 5.98. The Kier molecular flexibility index (Phi) is 4.23. The Morgan fingerprint density at radius 1 is 0.885 bits per heavy atom. The summed E-state index contributed by atoms with van der Waals surface area (Å²) in [6.07, 6.45) is 1.74. The normalized spacial score (nSPS) is 13.2. The predicted octanol–water partition coefficient (Wildman–Crippen LogP) is 4.66. The highest BCUT2D eigenvalue weighted by Gasteiger charge is 2.18.